The molecule has 2 aliphatic heterocycles. The highest BCUT2D eigenvalue weighted by atomic mass is 32.1. The van der Waals surface area contributed by atoms with E-state index in [0.717, 1.165) is 37.2 Å². The van der Waals surface area contributed by atoms with Gasteiger partial charge in [-0.15, -0.1) is 11.3 Å². The fraction of sp³-hybridized carbons (Fsp3) is 0.350. The molecule has 0 saturated carbocycles. The normalized spacial score (nSPS) is 17.1. The molecule has 1 aromatic heterocycles. The zero-order chi connectivity index (χ0) is 18.1. The fourth-order valence-corrected chi connectivity index (χ4v) is 4.52. The number of benzene rings is 1. The first kappa shape index (κ1) is 17.1. The Labute approximate surface area is 156 Å². The van der Waals surface area contributed by atoms with Gasteiger partial charge in [0, 0.05) is 34.7 Å². The first-order valence-electron chi connectivity index (χ1n) is 8.71. The highest BCUT2D eigenvalue weighted by Crippen LogP contribution is 2.44. The van der Waals surface area contributed by atoms with Gasteiger partial charge < -0.3 is 19.5 Å². The van der Waals surface area contributed by atoms with E-state index in [1.807, 2.05) is 12.1 Å². The Morgan fingerprint density at radius 2 is 2.12 bits per heavy atom. The van der Waals surface area contributed by atoms with Crippen molar-refractivity contribution in [2.24, 2.45) is 0 Å². The Hall–Kier alpha value is -2.31. The number of fused-ring (bicyclic) bond motifs is 2. The molecule has 0 unspecified atom stereocenters. The van der Waals surface area contributed by atoms with Gasteiger partial charge in [-0.1, -0.05) is 5.57 Å². The lowest BCUT2D eigenvalue weighted by Gasteiger charge is -2.26. The third-order valence-electron chi connectivity index (χ3n) is 4.88. The second-order valence-corrected chi connectivity index (χ2v) is 7.60. The molecule has 0 bridgehead atoms. The average Bonchev–Trinajstić information content (AvgIpc) is 3.03. The van der Waals surface area contributed by atoms with Crippen LogP contribution in [-0.4, -0.2) is 42.7 Å². The van der Waals surface area contributed by atoms with E-state index >= 15 is 0 Å². The molecule has 2 aromatic rings. The van der Waals surface area contributed by atoms with Gasteiger partial charge in [-0.2, -0.15) is 0 Å². The molecule has 1 fully saturated rings. The van der Waals surface area contributed by atoms with Crippen LogP contribution in [0.15, 0.2) is 35.2 Å². The molecular weight excluding hydrogens is 350 g/mol. The number of hydrogen-bond donors (Lipinski definition) is 1. The van der Waals surface area contributed by atoms with Crippen molar-refractivity contribution >= 4 is 22.9 Å². The van der Waals surface area contributed by atoms with Crippen molar-refractivity contribution in [3.8, 4) is 11.5 Å². The third-order valence-corrected chi connectivity index (χ3v) is 5.86. The third kappa shape index (κ3) is 3.34. The summed E-state index contributed by atoms with van der Waals surface area (Å²) in [6.45, 7) is 2.30. The molecular formula is C20H21NO4S. The van der Waals surface area contributed by atoms with Gasteiger partial charge in [-0.05, 0) is 49.5 Å². The summed E-state index contributed by atoms with van der Waals surface area (Å²) >= 11 is 1.74. The number of aliphatic carboxylic acids is 1. The summed E-state index contributed by atoms with van der Waals surface area (Å²) in [5.41, 5.74) is 4.90. The smallest absolute Gasteiger partial charge is 0.341 e. The predicted octanol–water partition coefficient (Wildman–Crippen LogP) is 3.63. The van der Waals surface area contributed by atoms with E-state index in [1.54, 1.807) is 17.4 Å². The molecule has 0 amide bonds. The lowest BCUT2D eigenvalue weighted by Crippen LogP contribution is -2.26. The van der Waals surface area contributed by atoms with Crippen molar-refractivity contribution in [1.29, 1.82) is 0 Å². The second kappa shape index (κ2) is 7.13. The van der Waals surface area contributed by atoms with E-state index in [0.29, 0.717) is 12.4 Å². The molecule has 2 aliphatic rings. The minimum Gasteiger partial charge on any atom is -0.488 e. The summed E-state index contributed by atoms with van der Waals surface area (Å²) in [5, 5.41) is 11.0. The number of rotatable bonds is 3. The van der Waals surface area contributed by atoms with Crippen LogP contribution in [0.1, 0.15) is 28.8 Å². The van der Waals surface area contributed by atoms with E-state index in [-0.39, 0.29) is 6.61 Å². The monoisotopic (exact) mass is 371 g/mol. The molecule has 0 aliphatic carbocycles. The Morgan fingerprint density at radius 1 is 1.31 bits per heavy atom. The number of carboxylic acids is 1. The van der Waals surface area contributed by atoms with Gasteiger partial charge in [0.25, 0.3) is 0 Å². The van der Waals surface area contributed by atoms with Crippen LogP contribution in [0.2, 0.25) is 0 Å². The lowest BCUT2D eigenvalue weighted by atomic mass is 9.91. The molecule has 1 saturated heterocycles. The van der Waals surface area contributed by atoms with Gasteiger partial charge in [-0.25, -0.2) is 4.79 Å². The maximum atomic E-state index is 10.8. The van der Waals surface area contributed by atoms with Crippen LogP contribution >= 0.6 is 11.3 Å². The van der Waals surface area contributed by atoms with Crippen molar-refractivity contribution in [1.82, 2.24) is 4.90 Å². The van der Waals surface area contributed by atoms with Crippen LogP contribution in [0.3, 0.4) is 0 Å². The summed E-state index contributed by atoms with van der Waals surface area (Å²) in [5.74, 6) is 0.406. The van der Waals surface area contributed by atoms with Crippen molar-refractivity contribution in [3.05, 3.63) is 51.2 Å². The zero-order valence-electron chi connectivity index (χ0n) is 14.7. The number of piperidine rings is 1. The molecule has 1 aromatic carbocycles. The maximum absolute atomic E-state index is 10.8. The molecule has 26 heavy (non-hydrogen) atoms. The minimum atomic E-state index is -0.981. The maximum Gasteiger partial charge on any atom is 0.341 e. The molecule has 0 radical (unpaired) electrons. The van der Waals surface area contributed by atoms with E-state index in [1.165, 1.54) is 21.6 Å². The van der Waals surface area contributed by atoms with E-state index < -0.39 is 5.97 Å². The van der Waals surface area contributed by atoms with Crippen LogP contribution < -0.4 is 9.47 Å². The molecule has 4 rings (SSSR count). The molecule has 6 heteroatoms. The van der Waals surface area contributed by atoms with Gasteiger partial charge in [0.15, 0.2) is 6.61 Å². The molecule has 0 spiro atoms. The van der Waals surface area contributed by atoms with Gasteiger partial charge in [0.05, 0.1) is 0 Å². The van der Waals surface area contributed by atoms with Crippen molar-refractivity contribution < 1.29 is 19.4 Å². The van der Waals surface area contributed by atoms with E-state index in [2.05, 4.69) is 23.4 Å². The number of carbonyl (C=O) groups is 1. The Kier molecular flexibility index (Phi) is 4.70. The van der Waals surface area contributed by atoms with Gasteiger partial charge >= 0.3 is 5.97 Å². The van der Waals surface area contributed by atoms with Crippen LogP contribution in [-0.2, 0) is 11.4 Å². The average molecular weight is 371 g/mol. The number of hydrogen-bond acceptors (Lipinski definition) is 5. The Morgan fingerprint density at radius 3 is 2.88 bits per heavy atom. The fourth-order valence-electron chi connectivity index (χ4n) is 3.50. The highest BCUT2D eigenvalue weighted by Gasteiger charge is 2.25. The van der Waals surface area contributed by atoms with E-state index in [9.17, 15) is 4.79 Å². The quantitative estimate of drug-likeness (QED) is 0.893. The number of carboxylic acid groups (broad SMARTS) is 1. The molecule has 5 nitrogen and oxygen atoms in total. The van der Waals surface area contributed by atoms with Gasteiger partial charge in [0.2, 0.25) is 0 Å². The van der Waals surface area contributed by atoms with Crippen LogP contribution in [0.4, 0.5) is 0 Å². The van der Waals surface area contributed by atoms with Crippen molar-refractivity contribution in [2.75, 3.05) is 26.7 Å². The number of thiophene rings is 1. The summed E-state index contributed by atoms with van der Waals surface area (Å²) in [6.07, 6.45) is 2.06. The summed E-state index contributed by atoms with van der Waals surface area (Å²) in [7, 11) is 2.15. The summed E-state index contributed by atoms with van der Waals surface area (Å²) in [6, 6.07) is 7.72. The lowest BCUT2D eigenvalue weighted by molar-refractivity contribution is -0.139. The van der Waals surface area contributed by atoms with E-state index in [4.69, 9.17) is 14.6 Å². The minimum absolute atomic E-state index is 0.347. The Balaban J connectivity index is 1.81. The predicted molar refractivity (Wildman–Crippen MR) is 101 cm³/mol. The SMILES string of the molecule is CN1CCC(=C2c3cc(OCC(=O)O)ccc3OCc3ccsc32)CC1. The zero-order valence-corrected chi connectivity index (χ0v) is 15.5. The van der Waals surface area contributed by atoms with Crippen molar-refractivity contribution in [2.45, 2.75) is 19.4 Å². The highest BCUT2D eigenvalue weighted by molar-refractivity contribution is 7.11. The second-order valence-electron chi connectivity index (χ2n) is 6.69. The molecule has 0 atom stereocenters. The van der Waals surface area contributed by atoms with Crippen LogP contribution in [0.5, 0.6) is 11.5 Å². The number of likely N-dealkylation sites (tertiary alicyclic amines) is 1. The topological polar surface area (TPSA) is 59.0 Å². The van der Waals surface area contributed by atoms with Crippen LogP contribution in [0, 0.1) is 0 Å². The number of ether oxygens (including phenoxy) is 2. The van der Waals surface area contributed by atoms with Gasteiger partial charge in [0.1, 0.15) is 18.1 Å². The summed E-state index contributed by atoms with van der Waals surface area (Å²) < 4.78 is 11.5. The molecule has 1 N–H and O–H groups in total. The van der Waals surface area contributed by atoms with Crippen molar-refractivity contribution in [3.63, 3.8) is 0 Å². The molecule has 3 heterocycles. The van der Waals surface area contributed by atoms with Gasteiger partial charge in [-0.3, -0.25) is 0 Å². The standard InChI is InChI=1S/C20H21NO4S/c1-21-7-4-13(5-8-21)19-16-10-15(24-12-18(22)23)2-3-17(16)25-11-14-6-9-26-20(14)19/h2-3,6,9-10H,4-5,7-8,11-12H2,1H3,(H,22,23). The number of nitrogens with zero attached hydrogens (tertiary/aromatic N) is 1. The summed E-state index contributed by atoms with van der Waals surface area (Å²) in [4.78, 5) is 14.4. The van der Waals surface area contributed by atoms with Crippen LogP contribution in [0.25, 0.3) is 5.57 Å². The molecule has 136 valence electrons. The first-order chi connectivity index (χ1) is 12.6. The largest absolute Gasteiger partial charge is 0.488 e. The first-order valence-corrected chi connectivity index (χ1v) is 9.59. The Bertz CT molecular complexity index is 860.